The maximum absolute atomic E-state index is 11.1. The highest BCUT2D eigenvalue weighted by molar-refractivity contribution is 5.12. The van der Waals surface area contributed by atoms with E-state index in [0.29, 0.717) is 12.5 Å². The van der Waals surface area contributed by atoms with Crippen LogP contribution in [0.15, 0.2) is 0 Å². The molecule has 4 aliphatic rings. The van der Waals surface area contributed by atoms with Gasteiger partial charge in [-0.3, -0.25) is 0 Å². The summed E-state index contributed by atoms with van der Waals surface area (Å²) in [5.41, 5.74) is 5.71. The van der Waals surface area contributed by atoms with E-state index in [1.807, 2.05) is 0 Å². The van der Waals surface area contributed by atoms with Gasteiger partial charge >= 0.3 is 0 Å². The van der Waals surface area contributed by atoms with Crippen molar-refractivity contribution in [3.8, 4) is 0 Å². The summed E-state index contributed by atoms with van der Waals surface area (Å²) in [7, 11) is 0. The molecule has 98 valence electrons. The number of rotatable bonds is 1. The minimum Gasteiger partial charge on any atom is -0.388 e. The third-order valence-corrected chi connectivity index (χ3v) is 5.61. The lowest BCUT2D eigenvalue weighted by Crippen LogP contribution is -2.68. The monoisotopic (exact) mass is 239 g/mol. The predicted molar refractivity (Wildman–Crippen MR) is 66.6 cm³/mol. The summed E-state index contributed by atoms with van der Waals surface area (Å²) in [4.78, 5) is 0. The van der Waals surface area contributed by atoms with Gasteiger partial charge in [0, 0.05) is 25.2 Å². The van der Waals surface area contributed by atoms with Gasteiger partial charge in [-0.25, -0.2) is 0 Å². The van der Waals surface area contributed by atoms with Gasteiger partial charge in [0.1, 0.15) is 0 Å². The predicted octanol–water partition coefficient (Wildman–Crippen LogP) is 1.83. The lowest BCUT2D eigenvalue weighted by Gasteiger charge is -2.57. The average Bonchev–Trinajstić information content (AvgIpc) is 2.57. The number of hydrogen-bond acceptors (Lipinski definition) is 3. The van der Waals surface area contributed by atoms with Crippen molar-refractivity contribution in [2.75, 3.05) is 13.2 Å². The fraction of sp³-hybridized carbons (Fsp3) is 1.00. The van der Waals surface area contributed by atoms with Crippen molar-refractivity contribution in [2.24, 2.45) is 17.6 Å². The van der Waals surface area contributed by atoms with Crippen LogP contribution in [-0.2, 0) is 4.74 Å². The standard InChI is InChI=1S/C14H25NO2/c15-14(10-11-2-4-12(14)5-3-11)13(16)6-1-8-17-9-7-13/h11-12,16H,1-10,15H2. The van der Waals surface area contributed by atoms with Crippen LogP contribution in [0.5, 0.6) is 0 Å². The second-order valence-electron chi connectivity index (χ2n) is 6.46. The molecule has 3 aliphatic carbocycles. The largest absolute Gasteiger partial charge is 0.388 e. The minimum atomic E-state index is -0.673. The van der Waals surface area contributed by atoms with Crippen LogP contribution in [0.4, 0.5) is 0 Å². The van der Waals surface area contributed by atoms with Gasteiger partial charge in [0.15, 0.2) is 0 Å². The van der Waals surface area contributed by atoms with E-state index in [4.69, 9.17) is 10.5 Å². The van der Waals surface area contributed by atoms with E-state index < -0.39 is 5.60 Å². The van der Waals surface area contributed by atoms with Crippen molar-refractivity contribution in [1.29, 1.82) is 0 Å². The van der Waals surface area contributed by atoms with E-state index in [0.717, 1.165) is 38.2 Å². The van der Waals surface area contributed by atoms with Crippen molar-refractivity contribution in [1.82, 2.24) is 0 Å². The normalized spacial score (nSPS) is 51.2. The molecule has 1 heterocycles. The molecule has 1 aliphatic heterocycles. The molecule has 0 radical (unpaired) electrons. The fourth-order valence-electron chi connectivity index (χ4n) is 4.50. The van der Waals surface area contributed by atoms with Crippen molar-refractivity contribution < 1.29 is 9.84 Å². The fourth-order valence-corrected chi connectivity index (χ4v) is 4.50. The Balaban J connectivity index is 1.85. The van der Waals surface area contributed by atoms with E-state index in [-0.39, 0.29) is 5.54 Å². The summed E-state index contributed by atoms with van der Waals surface area (Å²) in [6.07, 6.45) is 8.65. The van der Waals surface area contributed by atoms with E-state index in [1.54, 1.807) is 0 Å². The van der Waals surface area contributed by atoms with Crippen molar-refractivity contribution in [3.05, 3.63) is 0 Å². The molecule has 3 N–H and O–H groups in total. The molecule has 17 heavy (non-hydrogen) atoms. The molecule has 4 rings (SSSR count). The molecule has 3 nitrogen and oxygen atoms in total. The second-order valence-corrected chi connectivity index (χ2v) is 6.46. The molecule has 0 amide bonds. The molecule has 4 fully saturated rings. The zero-order valence-corrected chi connectivity index (χ0v) is 10.7. The lowest BCUT2D eigenvalue weighted by atomic mass is 9.54. The van der Waals surface area contributed by atoms with Crippen LogP contribution >= 0.6 is 0 Å². The van der Waals surface area contributed by atoms with Gasteiger partial charge in [0.2, 0.25) is 0 Å². The molecular formula is C14H25NO2. The number of aliphatic hydroxyl groups is 1. The molecule has 1 saturated heterocycles. The van der Waals surface area contributed by atoms with Crippen molar-refractivity contribution >= 4 is 0 Å². The lowest BCUT2D eigenvalue weighted by molar-refractivity contribution is -0.115. The Morgan fingerprint density at radius 1 is 1.06 bits per heavy atom. The first-order chi connectivity index (χ1) is 8.14. The van der Waals surface area contributed by atoms with Gasteiger partial charge in [-0.05, 0) is 43.9 Å². The third-order valence-electron chi connectivity index (χ3n) is 5.61. The van der Waals surface area contributed by atoms with Gasteiger partial charge in [-0.15, -0.1) is 0 Å². The molecule has 0 aromatic heterocycles. The Morgan fingerprint density at radius 2 is 1.82 bits per heavy atom. The minimum absolute atomic E-state index is 0.331. The third kappa shape index (κ3) is 1.83. The number of fused-ring (bicyclic) bond motifs is 3. The van der Waals surface area contributed by atoms with Crippen LogP contribution in [0, 0.1) is 11.8 Å². The van der Waals surface area contributed by atoms with Gasteiger partial charge in [-0.2, -0.15) is 0 Å². The van der Waals surface area contributed by atoms with Gasteiger partial charge < -0.3 is 15.6 Å². The zero-order chi connectivity index (χ0) is 11.9. The maximum atomic E-state index is 11.1. The van der Waals surface area contributed by atoms with Crippen molar-refractivity contribution in [2.45, 2.75) is 62.5 Å². The van der Waals surface area contributed by atoms with Gasteiger partial charge in [0.05, 0.1) is 5.60 Å². The summed E-state index contributed by atoms with van der Waals surface area (Å²) in [5, 5.41) is 11.1. The van der Waals surface area contributed by atoms with Crippen LogP contribution in [0.1, 0.15) is 51.4 Å². The molecule has 0 aromatic rings. The number of hydrogen-bond donors (Lipinski definition) is 2. The van der Waals surface area contributed by atoms with Gasteiger partial charge in [0.25, 0.3) is 0 Å². The van der Waals surface area contributed by atoms with E-state index >= 15 is 0 Å². The van der Waals surface area contributed by atoms with Crippen LogP contribution < -0.4 is 5.73 Å². The molecule has 3 heteroatoms. The first kappa shape index (κ1) is 11.9. The van der Waals surface area contributed by atoms with Crippen molar-refractivity contribution in [3.63, 3.8) is 0 Å². The molecule has 3 saturated carbocycles. The number of ether oxygens (including phenoxy) is 1. The first-order valence-corrected chi connectivity index (χ1v) is 7.23. The molecule has 2 atom stereocenters. The molecule has 0 aromatic carbocycles. The average molecular weight is 239 g/mol. The van der Waals surface area contributed by atoms with Crippen LogP contribution in [-0.4, -0.2) is 29.5 Å². The highest BCUT2D eigenvalue weighted by atomic mass is 16.5. The van der Waals surface area contributed by atoms with E-state index in [1.165, 1.54) is 25.7 Å². The Hall–Kier alpha value is -0.120. The number of nitrogens with two attached hydrogens (primary N) is 1. The SMILES string of the molecule is NC1(C2(O)CCCOCC2)CC2CCC1CC2. The Kier molecular flexibility index (Phi) is 2.96. The molecular weight excluding hydrogens is 214 g/mol. The molecule has 2 bridgehead atoms. The van der Waals surface area contributed by atoms with Gasteiger partial charge in [-0.1, -0.05) is 12.8 Å². The van der Waals surface area contributed by atoms with E-state index in [2.05, 4.69) is 0 Å². The molecule has 2 unspecified atom stereocenters. The van der Waals surface area contributed by atoms with Crippen LogP contribution in [0.3, 0.4) is 0 Å². The topological polar surface area (TPSA) is 55.5 Å². The summed E-state index contributed by atoms with van der Waals surface area (Å²) in [6.45, 7) is 1.46. The smallest absolute Gasteiger partial charge is 0.0851 e. The highest BCUT2D eigenvalue weighted by Crippen LogP contribution is 2.52. The Labute approximate surface area is 104 Å². The summed E-state index contributed by atoms with van der Waals surface area (Å²) in [5.74, 6) is 1.30. The van der Waals surface area contributed by atoms with E-state index in [9.17, 15) is 5.11 Å². The summed E-state index contributed by atoms with van der Waals surface area (Å²) in [6, 6.07) is 0. The Morgan fingerprint density at radius 3 is 2.47 bits per heavy atom. The quantitative estimate of drug-likeness (QED) is 0.734. The zero-order valence-electron chi connectivity index (χ0n) is 10.7. The van der Waals surface area contributed by atoms with Crippen LogP contribution in [0.25, 0.3) is 0 Å². The summed E-state index contributed by atoms with van der Waals surface area (Å²) < 4.78 is 5.49. The first-order valence-electron chi connectivity index (χ1n) is 7.23. The Bertz CT molecular complexity index is 278. The van der Waals surface area contributed by atoms with Crippen LogP contribution in [0.2, 0.25) is 0 Å². The molecule has 0 spiro atoms. The second kappa shape index (κ2) is 4.22. The highest BCUT2D eigenvalue weighted by Gasteiger charge is 2.56. The summed E-state index contributed by atoms with van der Waals surface area (Å²) >= 11 is 0. The maximum Gasteiger partial charge on any atom is 0.0851 e.